The van der Waals surface area contributed by atoms with Gasteiger partial charge < -0.3 is 10.1 Å². The smallest absolute Gasteiger partial charge is 0.123 e. The maximum Gasteiger partial charge on any atom is 0.123 e. The summed E-state index contributed by atoms with van der Waals surface area (Å²) >= 11 is 0. The Hall–Kier alpha value is -2.20. The molecule has 2 aliphatic heterocycles. The molecule has 0 radical (unpaired) electrons. The fourth-order valence-electron chi connectivity index (χ4n) is 3.65. The lowest BCUT2D eigenvalue weighted by molar-refractivity contribution is 0.0448. The molecular formula is C20H21FN2O. The van der Waals surface area contributed by atoms with Crippen molar-refractivity contribution in [2.75, 3.05) is 18.5 Å². The summed E-state index contributed by atoms with van der Waals surface area (Å²) in [7, 11) is 0. The number of benzene rings is 2. The van der Waals surface area contributed by atoms with E-state index in [0.717, 1.165) is 49.6 Å². The highest BCUT2D eigenvalue weighted by atomic mass is 19.1. The fourth-order valence-corrected chi connectivity index (χ4v) is 3.65. The van der Waals surface area contributed by atoms with Gasteiger partial charge >= 0.3 is 0 Å². The third-order valence-corrected chi connectivity index (χ3v) is 5.08. The lowest BCUT2D eigenvalue weighted by atomic mass is 9.71. The van der Waals surface area contributed by atoms with Gasteiger partial charge in [-0.1, -0.05) is 30.3 Å². The first-order chi connectivity index (χ1) is 11.8. The zero-order valence-electron chi connectivity index (χ0n) is 13.6. The van der Waals surface area contributed by atoms with Crippen LogP contribution in [0, 0.1) is 11.2 Å². The summed E-state index contributed by atoms with van der Waals surface area (Å²) in [6.07, 6.45) is 2.97. The minimum Gasteiger partial charge on any atom is -0.381 e. The molecule has 124 valence electrons. The summed E-state index contributed by atoms with van der Waals surface area (Å²) in [6.45, 7) is 2.12. The van der Waals surface area contributed by atoms with Gasteiger partial charge in [0.1, 0.15) is 11.7 Å². The number of halogens is 1. The molecule has 0 aromatic heterocycles. The largest absolute Gasteiger partial charge is 0.381 e. The van der Waals surface area contributed by atoms with Gasteiger partial charge in [0.05, 0.1) is 6.54 Å². The Morgan fingerprint density at radius 2 is 1.79 bits per heavy atom. The zero-order chi connectivity index (χ0) is 16.4. The Bertz CT molecular complexity index is 748. The number of nitrogens with zero attached hydrogens (tertiary/aromatic N) is 1. The number of anilines is 1. The third kappa shape index (κ3) is 2.94. The van der Waals surface area contributed by atoms with Crippen LogP contribution < -0.4 is 5.32 Å². The second-order valence-electron chi connectivity index (χ2n) is 6.64. The van der Waals surface area contributed by atoms with Gasteiger partial charge in [-0.15, -0.1) is 0 Å². The molecule has 1 spiro atoms. The number of hydrogen-bond acceptors (Lipinski definition) is 2. The number of aliphatic imine (C=N–C) groups is 1. The monoisotopic (exact) mass is 324 g/mol. The molecule has 4 heteroatoms. The van der Waals surface area contributed by atoms with Crippen LogP contribution >= 0.6 is 0 Å². The Balaban J connectivity index is 1.65. The zero-order valence-corrected chi connectivity index (χ0v) is 13.6. The van der Waals surface area contributed by atoms with Gasteiger partial charge in [-0.3, -0.25) is 4.99 Å². The number of hydrogen-bond donors (Lipinski definition) is 1. The average Bonchev–Trinajstić information content (AvgIpc) is 2.62. The Morgan fingerprint density at radius 3 is 2.58 bits per heavy atom. The van der Waals surface area contributed by atoms with Gasteiger partial charge in [-0.05, 0) is 48.6 Å². The minimum atomic E-state index is -0.211. The van der Waals surface area contributed by atoms with Crippen LogP contribution in [0.25, 0.3) is 0 Å². The van der Waals surface area contributed by atoms with Crippen molar-refractivity contribution < 1.29 is 9.13 Å². The maximum atomic E-state index is 13.1. The Labute approximate surface area is 141 Å². The number of nitrogens with one attached hydrogen (secondary N) is 1. The molecule has 0 atom stereocenters. The van der Waals surface area contributed by atoms with E-state index >= 15 is 0 Å². The lowest BCUT2D eigenvalue weighted by Gasteiger charge is -2.42. The quantitative estimate of drug-likeness (QED) is 0.899. The molecule has 0 saturated carbocycles. The van der Waals surface area contributed by atoms with E-state index in [4.69, 9.17) is 9.73 Å². The molecule has 1 N–H and O–H groups in total. The fraction of sp³-hybridized carbons (Fsp3) is 0.350. The van der Waals surface area contributed by atoms with Gasteiger partial charge in [-0.25, -0.2) is 4.39 Å². The number of amidine groups is 1. The molecular weight excluding hydrogens is 303 g/mol. The summed E-state index contributed by atoms with van der Waals surface area (Å²) in [5.41, 5.74) is 3.55. The standard InChI is InChI=1S/C20H21FN2O/c21-17-7-5-15(6-8-17)14-22-19-20(9-11-24-12-10-20)13-16-3-1-2-4-18(16)23-19/h1-8H,9-14H2,(H,22,23). The topological polar surface area (TPSA) is 33.6 Å². The molecule has 1 fully saturated rings. The van der Waals surface area contributed by atoms with Crippen LogP contribution in [-0.2, 0) is 17.7 Å². The summed E-state index contributed by atoms with van der Waals surface area (Å²) in [4.78, 5) is 4.89. The molecule has 4 rings (SSSR count). The normalized spacial score (nSPS) is 20.6. The van der Waals surface area contributed by atoms with Crippen molar-refractivity contribution in [2.45, 2.75) is 25.8 Å². The second-order valence-corrected chi connectivity index (χ2v) is 6.64. The van der Waals surface area contributed by atoms with Gasteiger partial charge in [-0.2, -0.15) is 0 Å². The molecule has 2 aromatic carbocycles. The van der Waals surface area contributed by atoms with E-state index in [9.17, 15) is 4.39 Å². The van der Waals surface area contributed by atoms with E-state index in [-0.39, 0.29) is 11.2 Å². The van der Waals surface area contributed by atoms with E-state index in [0.29, 0.717) is 6.54 Å². The molecule has 2 heterocycles. The average molecular weight is 324 g/mol. The van der Waals surface area contributed by atoms with Crippen molar-refractivity contribution in [3.8, 4) is 0 Å². The summed E-state index contributed by atoms with van der Waals surface area (Å²) in [5.74, 6) is 0.839. The van der Waals surface area contributed by atoms with E-state index in [1.54, 1.807) is 12.1 Å². The molecule has 3 nitrogen and oxygen atoms in total. The highest BCUT2D eigenvalue weighted by molar-refractivity contribution is 6.02. The van der Waals surface area contributed by atoms with E-state index in [2.05, 4.69) is 23.5 Å². The van der Waals surface area contributed by atoms with Crippen LogP contribution in [0.5, 0.6) is 0 Å². The number of fused-ring (bicyclic) bond motifs is 1. The van der Waals surface area contributed by atoms with E-state index in [1.807, 2.05) is 6.07 Å². The molecule has 0 bridgehead atoms. The van der Waals surface area contributed by atoms with Crippen LogP contribution in [0.3, 0.4) is 0 Å². The van der Waals surface area contributed by atoms with Crippen LogP contribution in [0.2, 0.25) is 0 Å². The molecule has 1 saturated heterocycles. The Morgan fingerprint density at radius 1 is 1.04 bits per heavy atom. The first kappa shape index (κ1) is 15.3. The number of ether oxygens (including phenoxy) is 1. The van der Waals surface area contributed by atoms with Crippen molar-refractivity contribution in [1.82, 2.24) is 0 Å². The van der Waals surface area contributed by atoms with Crippen molar-refractivity contribution in [1.29, 1.82) is 0 Å². The molecule has 0 unspecified atom stereocenters. The van der Waals surface area contributed by atoms with E-state index < -0.39 is 0 Å². The van der Waals surface area contributed by atoms with Crippen molar-refractivity contribution in [3.63, 3.8) is 0 Å². The SMILES string of the molecule is Fc1ccc(CN=C2Nc3ccccc3CC23CCOCC3)cc1. The van der Waals surface area contributed by atoms with Gasteiger partial charge in [0.2, 0.25) is 0 Å². The highest BCUT2D eigenvalue weighted by Crippen LogP contribution is 2.41. The summed E-state index contributed by atoms with van der Waals surface area (Å²) in [5, 5.41) is 3.56. The number of rotatable bonds is 2. The lowest BCUT2D eigenvalue weighted by Crippen LogP contribution is -2.45. The molecule has 0 amide bonds. The van der Waals surface area contributed by atoms with Crippen LogP contribution in [0.4, 0.5) is 10.1 Å². The molecule has 24 heavy (non-hydrogen) atoms. The van der Waals surface area contributed by atoms with Crippen LogP contribution in [-0.4, -0.2) is 19.0 Å². The predicted molar refractivity (Wildman–Crippen MR) is 93.8 cm³/mol. The van der Waals surface area contributed by atoms with Crippen molar-refractivity contribution in [2.24, 2.45) is 10.4 Å². The van der Waals surface area contributed by atoms with E-state index in [1.165, 1.54) is 17.7 Å². The van der Waals surface area contributed by atoms with Gasteiger partial charge in [0, 0.05) is 24.3 Å². The first-order valence-corrected chi connectivity index (χ1v) is 8.47. The third-order valence-electron chi connectivity index (χ3n) is 5.08. The van der Waals surface area contributed by atoms with Gasteiger partial charge in [0.25, 0.3) is 0 Å². The van der Waals surface area contributed by atoms with Crippen molar-refractivity contribution >= 4 is 11.5 Å². The molecule has 2 aromatic rings. The predicted octanol–water partition coefficient (Wildman–Crippen LogP) is 4.19. The summed E-state index contributed by atoms with van der Waals surface area (Å²) < 4.78 is 18.7. The van der Waals surface area contributed by atoms with Crippen molar-refractivity contribution in [3.05, 3.63) is 65.5 Å². The first-order valence-electron chi connectivity index (χ1n) is 8.47. The highest BCUT2D eigenvalue weighted by Gasteiger charge is 2.41. The minimum absolute atomic E-state index is 0.0344. The molecule has 0 aliphatic carbocycles. The van der Waals surface area contributed by atoms with Crippen LogP contribution in [0.15, 0.2) is 53.5 Å². The maximum absolute atomic E-state index is 13.1. The summed E-state index contributed by atoms with van der Waals surface area (Å²) in [6, 6.07) is 15.0. The second kappa shape index (κ2) is 6.36. The molecule has 2 aliphatic rings. The van der Waals surface area contributed by atoms with Gasteiger partial charge in [0.15, 0.2) is 0 Å². The Kier molecular flexibility index (Phi) is 4.07. The van der Waals surface area contributed by atoms with Crippen LogP contribution in [0.1, 0.15) is 24.0 Å². The number of para-hydroxylation sites is 1.